The summed E-state index contributed by atoms with van der Waals surface area (Å²) in [6, 6.07) is 21.5. The molecule has 3 aromatic rings. The van der Waals surface area contributed by atoms with Gasteiger partial charge in [-0.2, -0.15) is 0 Å². The Hall–Kier alpha value is -4.62. The predicted octanol–water partition coefficient (Wildman–Crippen LogP) is 5.56. The fraction of sp³-hybridized carbons (Fsp3) is 0.422. The normalized spacial score (nSPS) is 25.0. The number of anilines is 1. The van der Waals surface area contributed by atoms with Crippen molar-refractivity contribution >= 4 is 45.3 Å². The molecule has 57 heavy (non-hydrogen) atoms. The SMILES string of the molecule is C=CCCC(=O)N[C@H](COC)[C@H](OC(=O)[C@H]1[C@@H]2O[C@@]3(CC2Br)[C@@H]1C(=O)N([C@@H](CO)Cc1ccccc1)[C@@H]3C(=O)N(CC=C)c1c(C)cccc1C)c1ccccc1. The molecule has 9 atom stereocenters. The molecule has 0 aromatic heterocycles. The van der Waals surface area contributed by atoms with Gasteiger partial charge < -0.3 is 34.4 Å². The molecule has 3 saturated heterocycles. The summed E-state index contributed by atoms with van der Waals surface area (Å²) in [5, 5.41) is 14.0. The minimum Gasteiger partial charge on any atom is -0.455 e. The van der Waals surface area contributed by atoms with Crippen molar-refractivity contribution in [1.29, 1.82) is 0 Å². The number of esters is 1. The first kappa shape index (κ1) is 42.0. The smallest absolute Gasteiger partial charge is 0.313 e. The van der Waals surface area contributed by atoms with Crippen LogP contribution in [-0.4, -0.2) is 95.2 Å². The molecule has 3 aromatic carbocycles. The number of carbonyl (C=O) groups excluding carboxylic acids is 4. The highest BCUT2D eigenvalue weighted by Crippen LogP contribution is 2.61. The Kier molecular flexibility index (Phi) is 13.5. The lowest BCUT2D eigenvalue weighted by atomic mass is 9.70. The van der Waals surface area contributed by atoms with Crippen LogP contribution < -0.4 is 10.2 Å². The van der Waals surface area contributed by atoms with Crippen LogP contribution in [0.15, 0.2) is 104 Å². The summed E-state index contributed by atoms with van der Waals surface area (Å²) in [5.74, 6) is -4.05. The number of likely N-dealkylation sites (tertiary alicyclic amines) is 1. The molecule has 0 aliphatic carbocycles. The number of para-hydroxylation sites is 1. The maximum absolute atomic E-state index is 15.4. The van der Waals surface area contributed by atoms with Gasteiger partial charge in [-0.05, 0) is 55.4 Å². The highest BCUT2D eigenvalue weighted by molar-refractivity contribution is 9.09. The number of carbonyl (C=O) groups is 4. The van der Waals surface area contributed by atoms with Gasteiger partial charge in [-0.25, -0.2) is 0 Å². The third-order valence-electron chi connectivity index (χ3n) is 11.4. The highest BCUT2D eigenvalue weighted by Gasteiger charge is 2.77. The molecule has 0 radical (unpaired) electrons. The molecule has 3 fully saturated rings. The second kappa shape index (κ2) is 18.3. The summed E-state index contributed by atoms with van der Waals surface area (Å²) >= 11 is 3.78. The van der Waals surface area contributed by atoms with E-state index in [1.165, 1.54) is 12.0 Å². The van der Waals surface area contributed by atoms with Gasteiger partial charge in [0.1, 0.15) is 17.7 Å². The van der Waals surface area contributed by atoms with E-state index in [9.17, 15) is 14.7 Å². The molecule has 6 rings (SSSR count). The molecule has 3 aliphatic rings. The van der Waals surface area contributed by atoms with Crippen LogP contribution in [0, 0.1) is 25.7 Å². The fourth-order valence-electron chi connectivity index (χ4n) is 9.07. The molecule has 12 heteroatoms. The predicted molar refractivity (Wildman–Crippen MR) is 221 cm³/mol. The van der Waals surface area contributed by atoms with Crippen molar-refractivity contribution in [3.8, 4) is 0 Å². The zero-order valence-electron chi connectivity index (χ0n) is 32.7. The lowest BCUT2D eigenvalue weighted by molar-refractivity contribution is -0.163. The largest absolute Gasteiger partial charge is 0.455 e. The summed E-state index contributed by atoms with van der Waals surface area (Å²) in [6.45, 7) is 11.3. The number of allylic oxidation sites excluding steroid dienone is 1. The Morgan fingerprint density at radius 1 is 1.04 bits per heavy atom. The van der Waals surface area contributed by atoms with Crippen molar-refractivity contribution in [3.05, 3.63) is 126 Å². The number of nitrogens with one attached hydrogen (secondary N) is 1. The van der Waals surface area contributed by atoms with Crippen molar-refractivity contribution in [1.82, 2.24) is 10.2 Å². The van der Waals surface area contributed by atoms with Crippen LogP contribution in [0.25, 0.3) is 0 Å². The molecule has 2 bridgehead atoms. The average molecular weight is 843 g/mol. The number of hydrogen-bond donors (Lipinski definition) is 2. The third kappa shape index (κ3) is 8.23. The minimum atomic E-state index is -1.44. The van der Waals surface area contributed by atoms with Crippen LogP contribution in [0.4, 0.5) is 5.69 Å². The molecule has 1 spiro atoms. The van der Waals surface area contributed by atoms with E-state index in [2.05, 4.69) is 34.4 Å². The summed E-state index contributed by atoms with van der Waals surface area (Å²) in [6.07, 6.45) is 2.67. The molecule has 11 nitrogen and oxygen atoms in total. The van der Waals surface area contributed by atoms with E-state index in [-0.39, 0.29) is 38.3 Å². The second-order valence-electron chi connectivity index (χ2n) is 15.1. The molecular weight excluding hydrogens is 790 g/mol. The van der Waals surface area contributed by atoms with E-state index in [1.54, 1.807) is 29.2 Å². The number of aliphatic hydroxyl groups excluding tert-OH is 1. The number of halogens is 1. The summed E-state index contributed by atoms with van der Waals surface area (Å²) in [4.78, 5) is 61.2. The van der Waals surface area contributed by atoms with E-state index in [1.807, 2.05) is 80.6 Å². The van der Waals surface area contributed by atoms with Crippen LogP contribution in [-0.2, 0) is 39.8 Å². The Morgan fingerprint density at radius 3 is 2.32 bits per heavy atom. The number of rotatable bonds is 18. The van der Waals surface area contributed by atoms with Crippen LogP contribution in [0.3, 0.4) is 0 Å². The van der Waals surface area contributed by atoms with E-state index >= 15 is 9.59 Å². The van der Waals surface area contributed by atoms with E-state index in [0.29, 0.717) is 17.7 Å². The topological polar surface area (TPSA) is 135 Å². The standard InChI is InChI=1S/C45H52BrN3O8/c1-6-8-22-35(51)47-34(27-55-5)39(31-20-13-10-14-21-31)56-44(54)36-37-42(52)49(32(26-50)24-30-18-11-9-12-19-30)41(45(37)25-33(46)40(36)57-45)43(53)48(23-7-2)38-28(3)16-15-17-29(38)4/h6-7,9-21,32-34,36-37,39-41,50H,1-2,8,22-27H2,3-5H3,(H,47,51)/t32-,33?,34-,36-,37+,39-,40-,41-,45+/m1/s1. The van der Waals surface area contributed by atoms with Crippen molar-refractivity contribution in [3.63, 3.8) is 0 Å². The number of amides is 3. The lowest BCUT2D eigenvalue weighted by Gasteiger charge is -2.40. The summed E-state index contributed by atoms with van der Waals surface area (Å²) < 4.78 is 18.8. The summed E-state index contributed by atoms with van der Waals surface area (Å²) in [5.41, 5.74) is 2.47. The number of benzene rings is 3. The molecule has 3 heterocycles. The van der Waals surface area contributed by atoms with Gasteiger partial charge in [-0.3, -0.25) is 19.2 Å². The molecular formula is C45H52BrN3O8. The van der Waals surface area contributed by atoms with Crippen molar-refractivity contribution in [2.45, 2.75) is 80.3 Å². The van der Waals surface area contributed by atoms with E-state index in [4.69, 9.17) is 14.2 Å². The first-order chi connectivity index (χ1) is 27.5. The molecule has 0 saturated carbocycles. The molecule has 3 amide bonds. The quantitative estimate of drug-likeness (QED) is 0.0968. The molecule has 302 valence electrons. The molecule has 3 aliphatic heterocycles. The van der Waals surface area contributed by atoms with Crippen molar-refractivity contribution < 1.29 is 38.5 Å². The minimum absolute atomic E-state index is 0.0319. The first-order valence-corrected chi connectivity index (χ1v) is 20.3. The molecule has 2 N–H and O–H groups in total. The Morgan fingerprint density at radius 2 is 1.70 bits per heavy atom. The van der Waals surface area contributed by atoms with Gasteiger partial charge in [0.2, 0.25) is 11.8 Å². The van der Waals surface area contributed by atoms with Gasteiger partial charge in [0.25, 0.3) is 5.91 Å². The number of hydrogen-bond acceptors (Lipinski definition) is 8. The Labute approximate surface area is 343 Å². The van der Waals surface area contributed by atoms with Gasteiger partial charge in [0.05, 0.1) is 43.2 Å². The highest BCUT2D eigenvalue weighted by atomic mass is 79.9. The zero-order valence-corrected chi connectivity index (χ0v) is 34.3. The Bertz CT molecular complexity index is 1920. The van der Waals surface area contributed by atoms with Gasteiger partial charge in [0, 0.05) is 30.6 Å². The number of alkyl halides is 1. The van der Waals surface area contributed by atoms with Gasteiger partial charge in [0.15, 0.2) is 0 Å². The first-order valence-electron chi connectivity index (χ1n) is 19.4. The number of aryl methyl sites for hydroxylation is 2. The van der Waals surface area contributed by atoms with Crippen molar-refractivity contribution in [2.24, 2.45) is 11.8 Å². The monoisotopic (exact) mass is 841 g/mol. The zero-order chi connectivity index (χ0) is 40.9. The number of aliphatic hydroxyl groups is 1. The number of methoxy groups -OCH3 is 1. The third-order valence-corrected chi connectivity index (χ3v) is 12.3. The van der Waals surface area contributed by atoms with Crippen molar-refractivity contribution in [2.75, 3.05) is 31.8 Å². The summed E-state index contributed by atoms with van der Waals surface area (Å²) in [7, 11) is 1.50. The van der Waals surface area contributed by atoms with Gasteiger partial charge in [-0.15, -0.1) is 13.2 Å². The number of ether oxygens (including phenoxy) is 3. The maximum Gasteiger partial charge on any atom is 0.313 e. The van der Waals surface area contributed by atoms with E-state index < -0.39 is 77.0 Å². The lowest BCUT2D eigenvalue weighted by Crippen LogP contribution is -2.59. The second-order valence-corrected chi connectivity index (χ2v) is 16.3. The van der Waals surface area contributed by atoms with Crippen LogP contribution in [0.2, 0.25) is 0 Å². The number of fused-ring (bicyclic) bond motifs is 1. The van der Waals surface area contributed by atoms with Crippen LogP contribution in [0.5, 0.6) is 0 Å². The van der Waals surface area contributed by atoms with Crippen LogP contribution >= 0.6 is 15.9 Å². The molecule has 1 unspecified atom stereocenters. The van der Waals surface area contributed by atoms with Gasteiger partial charge in [-0.1, -0.05) is 107 Å². The van der Waals surface area contributed by atoms with E-state index in [0.717, 1.165) is 16.7 Å². The maximum atomic E-state index is 15.4. The van der Waals surface area contributed by atoms with Gasteiger partial charge >= 0.3 is 5.97 Å². The Balaban J connectivity index is 1.43. The number of nitrogens with zero attached hydrogens (tertiary/aromatic N) is 2. The fourth-order valence-corrected chi connectivity index (χ4v) is 10.0. The van der Waals surface area contributed by atoms with Crippen LogP contribution in [0.1, 0.15) is 47.6 Å². The average Bonchev–Trinajstić information content (AvgIpc) is 3.81.